The highest BCUT2D eigenvalue weighted by molar-refractivity contribution is 9.10. The molecule has 1 N–H and O–H groups in total. The minimum absolute atomic E-state index is 0.0523. The van der Waals surface area contributed by atoms with Crippen LogP contribution in [0.25, 0.3) is 0 Å². The molecule has 0 heterocycles. The van der Waals surface area contributed by atoms with Gasteiger partial charge in [-0.05, 0) is 41.4 Å². The molecule has 0 aliphatic rings. The molecule has 3 heteroatoms. The number of aryl methyl sites for hydroxylation is 1. The van der Waals surface area contributed by atoms with Crippen LogP contribution in [0.2, 0.25) is 0 Å². The first-order chi connectivity index (χ1) is 6.02. The molecule has 70 valence electrons. The van der Waals surface area contributed by atoms with Crippen molar-refractivity contribution in [2.45, 2.75) is 20.3 Å². The van der Waals surface area contributed by atoms with Crippen molar-refractivity contribution in [3.05, 3.63) is 27.7 Å². The molecule has 0 aliphatic heterocycles. The summed E-state index contributed by atoms with van der Waals surface area (Å²) in [6, 6.07) is 3.65. The molecule has 0 amide bonds. The zero-order valence-corrected chi connectivity index (χ0v) is 9.18. The molecule has 0 fully saturated rings. The van der Waals surface area contributed by atoms with E-state index in [0.717, 1.165) is 5.56 Å². The van der Waals surface area contributed by atoms with Crippen molar-refractivity contribution in [2.75, 3.05) is 0 Å². The number of Topliss-reactive ketones (excluding diaryl/α,β-unsaturated/α-hetero) is 1. The molecule has 0 bridgehead atoms. The monoisotopic (exact) mass is 242 g/mol. The average molecular weight is 243 g/mol. The van der Waals surface area contributed by atoms with Crippen LogP contribution in [-0.4, -0.2) is 10.9 Å². The number of halogens is 1. The minimum atomic E-state index is 0.0523. The molecular formula is C10H11BrO2. The van der Waals surface area contributed by atoms with E-state index >= 15 is 0 Å². The summed E-state index contributed by atoms with van der Waals surface area (Å²) >= 11 is 3.21. The number of hydrogen-bond acceptors (Lipinski definition) is 2. The summed E-state index contributed by atoms with van der Waals surface area (Å²) in [5.74, 6) is 0.228. The molecule has 1 aromatic carbocycles. The van der Waals surface area contributed by atoms with Gasteiger partial charge in [0.05, 0.1) is 4.47 Å². The fourth-order valence-corrected chi connectivity index (χ4v) is 1.55. The van der Waals surface area contributed by atoms with Gasteiger partial charge in [-0.25, -0.2) is 0 Å². The van der Waals surface area contributed by atoms with Gasteiger partial charge in [-0.15, -0.1) is 0 Å². The quantitative estimate of drug-likeness (QED) is 0.866. The molecular weight excluding hydrogens is 232 g/mol. The first kappa shape index (κ1) is 10.3. The maximum absolute atomic E-state index is 10.9. The summed E-state index contributed by atoms with van der Waals surface area (Å²) in [5, 5.41) is 9.63. The highest BCUT2D eigenvalue weighted by Crippen LogP contribution is 2.30. The van der Waals surface area contributed by atoms with E-state index in [1.807, 2.05) is 13.0 Å². The topological polar surface area (TPSA) is 37.3 Å². The summed E-state index contributed by atoms with van der Waals surface area (Å²) in [7, 11) is 0. The summed E-state index contributed by atoms with van der Waals surface area (Å²) in [4.78, 5) is 10.9. The summed E-state index contributed by atoms with van der Waals surface area (Å²) in [5.41, 5.74) is 1.65. The van der Waals surface area contributed by atoms with E-state index in [0.29, 0.717) is 10.0 Å². The Bertz CT molecular complexity index is 345. The third-order valence-corrected chi connectivity index (χ3v) is 2.53. The molecule has 0 radical (unpaired) electrons. The second-order valence-corrected chi connectivity index (χ2v) is 3.92. The molecule has 1 aromatic rings. The largest absolute Gasteiger partial charge is 0.506 e. The van der Waals surface area contributed by atoms with E-state index < -0.39 is 0 Å². The van der Waals surface area contributed by atoms with Crippen molar-refractivity contribution < 1.29 is 9.90 Å². The van der Waals surface area contributed by atoms with E-state index in [1.165, 1.54) is 6.92 Å². The van der Waals surface area contributed by atoms with Crippen LogP contribution in [-0.2, 0) is 11.2 Å². The molecule has 0 unspecified atom stereocenters. The van der Waals surface area contributed by atoms with Gasteiger partial charge in [-0.1, -0.05) is 6.07 Å². The maximum atomic E-state index is 10.9. The second-order valence-electron chi connectivity index (χ2n) is 3.07. The van der Waals surface area contributed by atoms with Crippen LogP contribution in [0, 0.1) is 6.92 Å². The number of carbonyl (C=O) groups excluding carboxylic acids is 1. The zero-order chi connectivity index (χ0) is 10.0. The molecule has 13 heavy (non-hydrogen) atoms. The van der Waals surface area contributed by atoms with Gasteiger partial charge >= 0.3 is 0 Å². The molecule has 1 rings (SSSR count). The third kappa shape index (κ3) is 2.31. The van der Waals surface area contributed by atoms with Crippen molar-refractivity contribution >= 4 is 21.7 Å². The van der Waals surface area contributed by atoms with Gasteiger partial charge < -0.3 is 5.11 Å². The zero-order valence-electron chi connectivity index (χ0n) is 7.60. The lowest BCUT2D eigenvalue weighted by Crippen LogP contribution is -1.99. The predicted molar refractivity (Wildman–Crippen MR) is 54.9 cm³/mol. The van der Waals surface area contributed by atoms with E-state index in [-0.39, 0.29) is 18.0 Å². The van der Waals surface area contributed by atoms with Crippen LogP contribution in [0.4, 0.5) is 0 Å². The highest BCUT2D eigenvalue weighted by atomic mass is 79.9. The Balaban J connectivity index is 3.17. The van der Waals surface area contributed by atoms with E-state index in [2.05, 4.69) is 15.9 Å². The fraction of sp³-hybridized carbons (Fsp3) is 0.300. The number of benzene rings is 1. The van der Waals surface area contributed by atoms with Crippen LogP contribution in [0.3, 0.4) is 0 Å². The number of rotatable bonds is 2. The smallest absolute Gasteiger partial charge is 0.134 e. The second kappa shape index (κ2) is 3.92. The van der Waals surface area contributed by atoms with Crippen molar-refractivity contribution in [2.24, 2.45) is 0 Å². The Labute approximate surface area is 85.7 Å². The number of hydrogen-bond donors (Lipinski definition) is 1. The van der Waals surface area contributed by atoms with Crippen LogP contribution in [0.15, 0.2) is 16.6 Å². The molecule has 0 aromatic heterocycles. The van der Waals surface area contributed by atoms with Crippen LogP contribution < -0.4 is 0 Å². The normalized spacial score (nSPS) is 10.1. The van der Waals surface area contributed by atoms with Crippen molar-refractivity contribution in [3.63, 3.8) is 0 Å². The highest BCUT2D eigenvalue weighted by Gasteiger charge is 2.09. The summed E-state index contributed by atoms with van der Waals surface area (Å²) in [6.07, 6.45) is 0.289. The van der Waals surface area contributed by atoms with Crippen LogP contribution in [0.5, 0.6) is 5.75 Å². The Kier molecular flexibility index (Phi) is 3.09. The van der Waals surface area contributed by atoms with Gasteiger partial charge in [-0.3, -0.25) is 4.79 Å². The van der Waals surface area contributed by atoms with Gasteiger partial charge in [0.1, 0.15) is 11.5 Å². The summed E-state index contributed by atoms with van der Waals surface area (Å²) < 4.78 is 0.634. The lowest BCUT2D eigenvalue weighted by atomic mass is 10.0. The van der Waals surface area contributed by atoms with Gasteiger partial charge in [-0.2, -0.15) is 0 Å². The standard InChI is InChI=1S/C10H11BrO2/c1-6-3-4-9(11)10(13)8(6)5-7(2)12/h3-4,13H,5H2,1-2H3. The molecule has 2 nitrogen and oxygen atoms in total. The van der Waals surface area contributed by atoms with Crippen LogP contribution in [0.1, 0.15) is 18.1 Å². The van der Waals surface area contributed by atoms with Crippen molar-refractivity contribution in [1.29, 1.82) is 0 Å². The van der Waals surface area contributed by atoms with Gasteiger partial charge in [0.2, 0.25) is 0 Å². The molecule has 0 spiro atoms. The van der Waals surface area contributed by atoms with E-state index in [9.17, 15) is 9.90 Å². The molecule has 0 aliphatic carbocycles. The Morgan fingerprint density at radius 2 is 2.15 bits per heavy atom. The minimum Gasteiger partial charge on any atom is -0.506 e. The first-order valence-corrected chi connectivity index (χ1v) is 4.78. The first-order valence-electron chi connectivity index (χ1n) is 3.98. The van der Waals surface area contributed by atoms with Crippen LogP contribution >= 0.6 is 15.9 Å². The average Bonchev–Trinajstić information content (AvgIpc) is 2.05. The number of phenols is 1. The third-order valence-electron chi connectivity index (χ3n) is 1.89. The lowest BCUT2D eigenvalue weighted by Gasteiger charge is -2.07. The molecule has 0 saturated carbocycles. The predicted octanol–water partition coefficient (Wildman–Crippen LogP) is 2.59. The van der Waals surface area contributed by atoms with Gasteiger partial charge in [0, 0.05) is 12.0 Å². The fourth-order valence-electron chi connectivity index (χ4n) is 1.18. The SMILES string of the molecule is CC(=O)Cc1c(C)ccc(Br)c1O. The summed E-state index contributed by atoms with van der Waals surface area (Å²) in [6.45, 7) is 3.39. The number of carbonyl (C=O) groups is 1. The number of aromatic hydroxyl groups is 1. The Morgan fingerprint density at radius 1 is 1.54 bits per heavy atom. The van der Waals surface area contributed by atoms with E-state index in [1.54, 1.807) is 6.07 Å². The van der Waals surface area contributed by atoms with Crippen molar-refractivity contribution in [1.82, 2.24) is 0 Å². The molecule has 0 atom stereocenters. The number of phenolic OH excluding ortho intramolecular Hbond substituents is 1. The van der Waals surface area contributed by atoms with Gasteiger partial charge in [0.15, 0.2) is 0 Å². The van der Waals surface area contributed by atoms with Crippen molar-refractivity contribution in [3.8, 4) is 5.75 Å². The van der Waals surface area contributed by atoms with E-state index in [4.69, 9.17) is 0 Å². The Hall–Kier alpha value is -0.830. The van der Waals surface area contributed by atoms with Gasteiger partial charge in [0.25, 0.3) is 0 Å². The Morgan fingerprint density at radius 3 is 2.69 bits per heavy atom. The lowest BCUT2D eigenvalue weighted by molar-refractivity contribution is -0.116. The maximum Gasteiger partial charge on any atom is 0.134 e. The number of ketones is 1. The molecule has 0 saturated heterocycles.